The van der Waals surface area contributed by atoms with Gasteiger partial charge in [0.05, 0.1) is 19.2 Å². The van der Waals surface area contributed by atoms with Gasteiger partial charge in [-0.1, -0.05) is 11.8 Å². The predicted molar refractivity (Wildman–Crippen MR) is 71.3 cm³/mol. The van der Waals surface area contributed by atoms with E-state index >= 15 is 0 Å². The molecule has 0 aromatic heterocycles. The van der Waals surface area contributed by atoms with Crippen LogP contribution < -0.4 is 15.5 Å². The molecule has 0 spiro atoms. The molecule has 0 saturated heterocycles. The van der Waals surface area contributed by atoms with Crippen LogP contribution in [0, 0.1) is 0 Å². The Morgan fingerprint density at radius 1 is 1.25 bits per heavy atom. The molecule has 0 aliphatic rings. The van der Waals surface area contributed by atoms with Crippen LogP contribution >= 0.6 is 6.34 Å². The maximum absolute atomic E-state index is 10.4. The lowest BCUT2D eigenvalue weighted by Gasteiger charge is -2.29. The zero-order valence-corrected chi connectivity index (χ0v) is 12.0. The highest BCUT2D eigenvalue weighted by atomic mass is 32.4. The fourth-order valence-corrected chi connectivity index (χ4v) is 5.17. The maximum atomic E-state index is 10.4. The van der Waals surface area contributed by atoms with Crippen LogP contribution in [-0.2, 0) is 16.6 Å². The third-order valence-electron chi connectivity index (χ3n) is 1.54. The Morgan fingerprint density at radius 2 is 1.69 bits per heavy atom. The Labute approximate surface area is 102 Å². The van der Waals surface area contributed by atoms with Crippen LogP contribution in [0.3, 0.4) is 0 Å². The average molecular weight is 267 g/mol. The maximum Gasteiger partial charge on any atom is 0.317 e. The van der Waals surface area contributed by atoms with Gasteiger partial charge in [0.1, 0.15) is 0 Å². The highest BCUT2D eigenvalue weighted by Crippen LogP contribution is 2.36. The second-order valence-corrected chi connectivity index (χ2v) is 8.47. The number of carbonyl (C=O) groups is 1. The van der Waals surface area contributed by atoms with Gasteiger partial charge in [-0.3, -0.25) is 20.3 Å². The first-order valence-electron chi connectivity index (χ1n) is 5.32. The number of hydrogen-bond acceptors (Lipinski definition) is 3. The lowest BCUT2D eigenvalue weighted by molar-refractivity contribution is -0.135. The van der Waals surface area contributed by atoms with Crippen LogP contribution in [0.4, 0.5) is 0 Å². The van der Waals surface area contributed by atoms with Crippen LogP contribution in [0.25, 0.3) is 0 Å². The molecular formula is C9H22N3O2PS. The first-order chi connectivity index (χ1) is 7.25. The normalized spacial score (nSPS) is 12.4. The van der Waals surface area contributed by atoms with E-state index < -0.39 is 12.3 Å². The fourth-order valence-electron chi connectivity index (χ4n) is 1.28. The van der Waals surface area contributed by atoms with Gasteiger partial charge in [-0.15, -0.1) is 0 Å². The first-order valence-corrected chi connectivity index (χ1v) is 8.31. The molecular weight excluding hydrogens is 245 g/mol. The van der Waals surface area contributed by atoms with E-state index in [9.17, 15) is 4.79 Å². The van der Waals surface area contributed by atoms with Crippen molar-refractivity contribution < 1.29 is 9.90 Å². The average Bonchev–Trinajstić information content (AvgIpc) is 1.98. The van der Waals surface area contributed by atoms with Crippen molar-refractivity contribution in [2.24, 2.45) is 0 Å². The second-order valence-electron chi connectivity index (χ2n) is 4.29. The lowest BCUT2D eigenvalue weighted by Crippen LogP contribution is -2.37. The molecule has 0 rings (SSSR count). The minimum Gasteiger partial charge on any atom is -0.480 e. The Kier molecular flexibility index (Phi) is 7.35. The second kappa shape index (κ2) is 7.35. The Bertz CT molecular complexity index is 257. The Morgan fingerprint density at radius 3 is 2.00 bits per heavy atom. The minimum atomic E-state index is -1.93. The van der Waals surface area contributed by atoms with Crippen LogP contribution in [0.15, 0.2) is 0 Å². The van der Waals surface area contributed by atoms with Gasteiger partial charge >= 0.3 is 5.97 Å². The zero-order chi connectivity index (χ0) is 12.8. The number of nitrogens with one attached hydrogen (secondary N) is 3. The van der Waals surface area contributed by atoms with Crippen LogP contribution in [0.5, 0.6) is 0 Å². The number of aliphatic carboxylic acids is 1. The molecule has 0 amide bonds. The number of rotatable bonds is 8. The molecule has 0 saturated carbocycles. The summed E-state index contributed by atoms with van der Waals surface area (Å²) in [5.74, 6) is -0.865. The lowest BCUT2D eigenvalue weighted by atomic mass is 10.4. The van der Waals surface area contributed by atoms with Gasteiger partial charge in [0.25, 0.3) is 0 Å². The topological polar surface area (TPSA) is 73.4 Å². The summed E-state index contributed by atoms with van der Waals surface area (Å²) >= 11 is 5.54. The van der Waals surface area contributed by atoms with E-state index in [1.807, 2.05) is 27.7 Å². The molecule has 0 aliphatic carbocycles. The van der Waals surface area contributed by atoms with Crippen molar-refractivity contribution in [3.63, 3.8) is 0 Å². The summed E-state index contributed by atoms with van der Waals surface area (Å²) in [6.07, 6.45) is -1.44. The van der Waals surface area contributed by atoms with E-state index in [1.54, 1.807) is 0 Å². The molecule has 0 atom stereocenters. The van der Waals surface area contributed by atoms with Gasteiger partial charge in [0.15, 0.2) is 0 Å². The SMILES string of the molecule is CC(C)NP(=S)(CNCC(=O)O)NC(C)C. The molecule has 0 aliphatic heterocycles. The summed E-state index contributed by atoms with van der Waals surface area (Å²) in [6.45, 7) is 8.05. The van der Waals surface area contributed by atoms with Gasteiger partial charge in [-0.25, -0.2) is 0 Å². The van der Waals surface area contributed by atoms with Crippen molar-refractivity contribution >= 4 is 24.1 Å². The highest BCUT2D eigenvalue weighted by Gasteiger charge is 2.18. The molecule has 0 aromatic rings. The molecule has 0 bridgehead atoms. The van der Waals surface area contributed by atoms with E-state index in [0.717, 1.165) is 0 Å². The summed E-state index contributed by atoms with van der Waals surface area (Å²) in [5.41, 5.74) is 0. The van der Waals surface area contributed by atoms with E-state index in [0.29, 0.717) is 6.29 Å². The van der Waals surface area contributed by atoms with Crippen LogP contribution in [-0.4, -0.2) is 36.0 Å². The largest absolute Gasteiger partial charge is 0.480 e. The van der Waals surface area contributed by atoms with Crippen molar-refractivity contribution in [1.29, 1.82) is 0 Å². The van der Waals surface area contributed by atoms with E-state index in [4.69, 9.17) is 16.9 Å². The molecule has 0 radical (unpaired) electrons. The smallest absolute Gasteiger partial charge is 0.317 e. The summed E-state index contributed by atoms with van der Waals surface area (Å²) in [7, 11) is 0. The van der Waals surface area contributed by atoms with E-state index in [-0.39, 0.29) is 18.6 Å². The zero-order valence-electron chi connectivity index (χ0n) is 10.3. The summed E-state index contributed by atoms with van der Waals surface area (Å²) in [5, 5.41) is 18.0. The predicted octanol–water partition coefficient (Wildman–Crippen LogP) is 0.924. The van der Waals surface area contributed by atoms with Crippen molar-refractivity contribution in [3.05, 3.63) is 0 Å². The molecule has 4 N–H and O–H groups in total. The quantitative estimate of drug-likeness (QED) is 0.490. The fraction of sp³-hybridized carbons (Fsp3) is 0.889. The highest BCUT2D eigenvalue weighted by molar-refractivity contribution is 8.12. The minimum absolute atomic E-state index is 0.0576. The number of carboxylic acid groups (broad SMARTS) is 1. The third-order valence-corrected chi connectivity index (χ3v) is 5.10. The summed E-state index contributed by atoms with van der Waals surface area (Å²) in [6, 6.07) is 0.562. The molecule has 0 unspecified atom stereocenters. The van der Waals surface area contributed by atoms with Gasteiger partial charge in [0, 0.05) is 12.1 Å². The summed E-state index contributed by atoms with van der Waals surface area (Å²) < 4.78 is 0. The monoisotopic (exact) mass is 267 g/mol. The van der Waals surface area contributed by atoms with Crippen molar-refractivity contribution in [3.8, 4) is 0 Å². The number of hydrogen-bond donors (Lipinski definition) is 4. The van der Waals surface area contributed by atoms with Gasteiger partial charge in [0.2, 0.25) is 0 Å². The molecule has 0 aromatic carbocycles. The number of carboxylic acids is 1. The molecule has 0 fully saturated rings. The van der Waals surface area contributed by atoms with Crippen molar-refractivity contribution in [2.75, 3.05) is 12.8 Å². The molecule has 7 heteroatoms. The third kappa shape index (κ3) is 8.19. The van der Waals surface area contributed by atoms with E-state index in [1.165, 1.54) is 0 Å². The van der Waals surface area contributed by atoms with Crippen molar-refractivity contribution in [1.82, 2.24) is 15.5 Å². The van der Waals surface area contributed by atoms with Gasteiger partial charge in [-0.05, 0) is 27.7 Å². The summed E-state index contributed by atoms with van der Waals surface area (Å²) in [4.78, 5) is 10.4. The van der Waals surface area contributed by atoms with Crippen molar-refractivity contribution in [2.45, 2.75) is 39.8 Å². The van der Waals surface area contributed by atoms with Gasteiger partial charge < -0.3 is 5.11 Å². The van der Waals surface area contributed by atoms with Crippen LogP contribution in [0.2, 0.25) is 0 Å². The Hall–Kier alpha value is -0.0000000000000000763. The molecule has 16 heavy (non-hydrogen) atoms. The molecule has 0 heterocycles. The molecule has 5 nitrogen and oxygen atoms in total. The first kappa shape index (κ1) is 16.0. The van der Waals surface area contributed by atoms with E-state index in [2.05, 4.69) is 15.5 Å². The van der Waals surface area contributed by atoms with Gasteiger partial charge in [-0.2, -0.15) is 0 Å². The van der Waals surface area contributed by atoms with Crippen LogP contribution in [0.1, 0.15) is 27.7 Å². The standard InChI is InChI=1S/C9H22N3O2PS/c1-7(2)11-15(16,12-8(3)4)6-10-5-9(13)14/h7-8,10H,5-6H2,1-4H3,(H,13,14)(H2,11,12,16). The Balaban J connectivity index is 4.30. The molecule has 96 valence electrons.